The third-order valence-electron chi connectivity index (χ3n) is 4.34. The van der Waals surface area contributed by atoms with Crippen molar-refractivity contribution in [3.63, 3.8) is 0 Å². The van der Waals surface area contributed by atoms with E-state index in [1.165, 1.54) is 30.4 Å². The zero-order chi connectivity index (χ0) is 12.4. The highest BCUT2D eigenvalue weighted by Crippen LogP contribution is 2.35. The van der Waals surface area contributed by atoms with Gasteiger partial charge in [-0.3, -0.25) is 0 Å². The van der Waals surface area contributed by atoms with Crippen LogP contribution in [0.15, 0.2) is 23.8 Å². The Labute approximate surface area is 106 Å². The molecule has 0 amide bonds. The molecule has 0 aromatic heterocycles. The second-order valence-corrected chi connectivity index (χ2v) is 5.43. The van der Waals surface area contributed by atoms with Crippen molar-refractivity contribution in [1.82, 2.24) is 0 Å². The number of fused-ring (bicyclic) bond motifs is 1. The van der Waals surface area contributed by atoms with Gasteiger partial charge in [0, 0.05) is 0 Å². The van der Waals surface area contributed by atoms with Crippen LogP contribution in [0.4, 0.5) is 0 Å². The fourth-order valence-corrected chi connectivity index (χ4v) is 2.65. The summed E-state index contributed by atoms with van der Waals surface area (Å²) in [6.07, 6.45) is 6.11. The molecule has 2 atom stereocenters. The van der Waals surface area contributed by atoms with Gasteiger partial charge in [0.25, 0.3) is 0 Å². The molecule has 0 fully saturated rings. The smallest absolute Gasteiger partial charge is 0.00551 e. The number of benzene rings is 1. The summed E-state index contributed by atoms with van der Waals surface area (Å²) in [6.45, 7) is 9.24. The Morgan fingerprint density at radius 2 is 1.76 bits per heavy atom. The van der Waals surface area contributed by atoms with E-state index in [1.807, 2.05) is 0 Å². The summed E-state index contributed by atoms with van der Waals surface area (Å²) >= 11 is 0. The quantitative estimate of drug-likeness (QED) is 0.665. The van der Waals surface area contributed by atoms with E-state index < -0.39 is 0 Å². The predicted molar refractivity (Wildman–Crippen MR) is 76.3 cm³/mol. The van der Waals surface area contributed by atoms with Gasteiger partial charge >= 0.3 is 0 Å². The highest BCUT2D eigenvalue weighted by molar-refractivity contribution is 5.67. The number of hydrogen-bond acceptors (Lipinski definition) is 0. The van der Waals surface area contributed by atoms with Crippen molar-refractivity contribution >= 4 is 6.08 Å². The molecule has 0 heterocycles. The van der Waals surface area contributed by atoms with Crippen LogP contribution in [-0.2, 0) is 6.42 Å². The monoisotopic (exact) mass is 228 g/mol. The first-order chi connectivity index (χ1) is 8.17. The lowest BCUT2D eigenvalue weighted by Crippen LogP contribution is -1.97. The van der Waals surface area contributed by atoms with Crippen molar-refractivity contribution in [2.24, 2.45) is 5.92 Å². The molecule has 0 saturated heterocycles. The van der Waals surface area contributed by atoms with Crippen LogP contribution in [0.25, 0.3) is 6.08 Å². The molecule has 0 aliphatic heterocycles. The first-order valence-electron chi connectivity index (χ1n) is 6.99. The fraction of sp³-hybridized carbons (Fsp3) is 0.529. The molecule has 1 aliphatic carbocycles. The van der Waals surface area contributed by atoms with Crippen molar-refractivity contribution in [1.29, 1.82) is 0 Å². The lowest BCUT2D eigenvalue weighted by Gasteiger charge is -2.13. The molecule has 0 nitrogen and oxygen atoms in total. The van der Waals surface area contributed by atoms with Crippen LogP contribution in [0.2, 0.25) is 0 Å². The highest BCUT2D eigenvalue weighted by Gasteiger charge is 2.20. The van der Waals surface area contributed by atoms with Gasteiger partial charge in [-0.2, -0.15) is 0 Å². The minimum atomic E-state index is 0.678. The molecule has 0 heteroatoms. The predicted octanol–water partition coefficient (Wildman–Crippen LogP) is 5.19. The standard InChI is InChI=1S/C17H24/c1-5-12(3)15-10-14-8-7-9-16(13(4)6-2)17(14)11-15/h7-9,11-13H,5-6,10H2,1-4H3. The molecular formula is C17H24. The molecule has 0 spiro atoms. The van der Waals surface area contributed by atoms with E-state index in [2.05, 4.69) is 52.0 Å². The minimum Gasteiger partial charge on any atom is -0.0648 e. The number of rotatable bonds is 4. The summed E-state index contributed by atoms with van der Waals surface area (Å²) < 4.78 is 0. The first-order valence-corrected chi connectivity index (χ1v) is 6.99. The van der Waals surface area contributed by atoms with Gasteiger partial charge in [-0.25, -0.2) is 0 Å². The lowest BCUT2D eigenvalue weighted by molar-refractivity contribution is 0.647. The molecule has 0 bridgehead atoms. The zero-order valence-corrected chi connectivity index (χ0v) is 11.6. The molecule has 2 rings (SSSR count). The largest absolute Gasteiger partial charge is 0.0648 e. The molecule has 1 aromatic carbocycles. The Bertz CT molecular complexity index is 426. The topological polar surface area (TPSA) is 0 Å². The third-order valence-corrected chi connectivity index (χ3v) is 4.34. The van der Waals surface area contributed by atoms with Gasteiger partial charge < -0.3 is 0 Å². The van der Waals surface area contributed by atoms with Crippen LogP contribution in [0.5, 0.6) is 0 Å². The molecule has 1 aliphatic rings. The molecule has 0 saturated carbocycles. The van der Waals surface area contributed by atoms with E-state index >= 15 is 0 Å². The maximum atomic E-state index is 2.46. The second-order valence-electron chi connectivity index (χ2n) is 5.43. The number of allylic oxidation sites excluding steroid dienone is 1. The van der Waals surface area contributed by atoms with Gasteiger partial charge in [0.05, 0.1) is 0 Å². The Hall–Kier alpha value is -1.04. The molecule has 0 N–H and O–H groups in total. The van der Waals surface area contributed by atoms with Crippen LogP contribution in [-0.4, -0.2) is 0 Å². The van der Waals surface area contributed by atoms with Gasteiger partial charge in [0.15, 0.2) is 0 Å². The average Bonchev–Trinajstić information content (AvgIpc) is 2.80. The molecule has 17 heavy (non-hydrogen) atoms. The Morgan fingerprint density at radius 1 is 1.06 bits per heavy atom. The normalized spacial score (nSPS) is 17.5. The maximum Gasteiger partial charge on any atom is -0.00551 e. The van der Waals surface area contributed by atoms with Gasteiger partial charge in [-0.05, 0) is 47.8 Å². The summed E-state index contributed by atoms with van der Waals surface area (Å²) in [6, 6.07) is 6.84. The van der Waals surface area contributed by atoms with Gasteiger partial charge in [0.2, 0.25) is 0 Å². The van der Waals surface area contributed by atoms with Crippen LogP contribution in [0, 0.1) is 5.92 Å². The van der Waals surface area contributed by atoms with E-state index in [1.54, 1.807) is 11.1 Å². The Balaban J connectivity index is 2.37. The summed E-state index contributed by atoms with van der Waals surface area (Å²) in [5, 5.41) is 0. The second kappa shape index (κ2) is 5.08. The first kappa shape index (κ1) is 12.4. The van der Waals surface area contributed by atoms with E-state index in [-0.39, 0.29) is 0 Å². The van der Waals surface area contributed by atoms with Crippen LogP contribution >= 0.6 is 0 Å². The van der Waals surface area contributed by atoms with E-state index in [4.69, 9.17) is 0 Å². The number of hydrogen-bond donors (Lipinski definition) is 0. The molecule has 1 aromatic rings. The maximum absolute atomic E-state index is 2.46. The summed E-state index contributed by atoms with van der Waals surface area (Å²) in [4.78, 5) is 0. The van der Waals surface area contributed by atoms with E-state index in [0.717, 1.165) is 5.92 Å². The molecule has 92 valence electrons. The molecule has 2 unspecified atom stereocenters. The molecule has 0 radical (unpaired) electrons. The van der Waals surface area contributed by atoms with Crippen molar-refractivity contribution in [3.05, 3.63) is 40.5 Å². The van der Waals surface area contributed by atoms with Crippen LogP contribution < -0.4 is 0 Å². The van der Waals surface area contributed by atoms with Crippen LogP contribution in [0.1, 0.15) is 63.1 Å². The lowest BCUT2D eigenvalue weighted by atomic mass is 9.92. The summed E-state index contributed by atoms with van der Waals surface area (Å²) in [7, 11) is 0. The van der Waals surface area contributed by atoms with Gasteiger partial charge in [-0.15, -0.1) is 0 Å². The van der Waals surface area contributed by atoms with Crippen molar-refractivity contribution in [2.75, 3.05) is 0 Å². The Kier molecular flexibility index (Phi) is 3.71. The van der Waals surface area contributed by atoms with E-state index in [0.29, 0.717) is 5.92 Å². The highest BCUT2D eigenvalue weighted by atomic mass is 14.2. The average molecular weight is 228 g/mol. The van der Waals surface area contributed by atoms with Crippen LogP contribution in [0.3, 0.4) is 0 Å². The van der Waals surface area contributed by atoms with Gasteiger partial charge in [-0.1, -0.05) is 57.5 Å². The molecular weight excluding hydrogens is 204 g/mol. The fourth-order valence-electron chi connectivity index (χ4n) is 2.65. The third kappa shape index (κ3) is 2.31. The zero-order valence-electron chi connectivity index (χ0n) is 11.6. The summed E-state index contributed by atoms with van der Waals surface area (Å²) in [5.41, 5.74) is 6.23. The minimum absolute atomic E-state index is 0.678. The van der Waals surface area contributed by atoms with Crippen molar-refractivity contribution in [3.8, 4) is 0 Å². The Morgan fingerprint density at radius 3 is 2.41 bits per heavy atom. The van der Waals surface area contributed by atoms with Crippen molar-refractivity contribution in [2.45, 2.75) is 52.9 Å². The summed E-state index contributed by atoms with van der Waals surface area (Å²) in [5.74, 6) is 1.41. The van der Waals surface area contributed by atoms with Gasteiger partial charge in [0.1, 0.15) is 0 Å². The van der Waals surface area contributed by atoms with E-state index in [9.17, 15) is 0 Å². The van der Waals surface area contributed by atoms with Crippen molar-refractivity contribution < 1.29 is 0 Å². The SMILES string of the molecule is CCC(C)C1=Cc2c(cccc2C(C)CC)C1.